The molecule has 0 unspecified atom stereocenters. The number of nitrogens with zero attached hydrogens (tertiary/aromatic N) is 3. The van der Waals surface area contributed by atoms with Crippen LogP contribution in [0.1, 0.15) is 29.1 Å². The van der Waals surface area contributed by atoms with Crippen molar-refractivity contribution in [2.24, 2.45) is 0 Å². The monoisotopic (exact) mass is 407 g/mol. The lowest BCUT2D eigenvalue weighted by molar-refractivity contribution is -0.384. The lowest BCUT2D eigenvalue weighted by atomic mass is 10.1. The summed E-state index contributed by atoms with van der Waals surface area (Å²) in [5.41, 5.74) is 1.55. The molecule has 0 aliphatic carbocycles. The Hall–Kier alpha value is -3.52. The summed E-state index contributed by atoms with van der Waals surface area (Å²) in [7, 11) is 1.64. The van der Waals surface area contributed by atoms with Crippen LogP contribution in [-0.2, 0) is 0 Å². The van der Waals surface area contributed by atoms with Crippen molar-refractivity contribution in [2.75, 3.05) is 7.05 Å². The van der Waals surface area contributed by atoms with Gasteiger partial charge in [-0.2, -0.15) is 0 Å². The largest absolute Gasteiger partial charge is 0.448 e. The predicted molar refractivity (Wildman–Crippen MR) is 111 cm³/mol. The average molecular weight is 407 g/mol. The minimum absolute atomic E-state index is 0.00804. The second-order valence-corrected chi connectivity index (χ2v) is 7.63. The van der Waals surface area contributed by atoms with Crippen LogP contribution in [-0.4, -0.2) is 27.8 Å². The van der Waals surface area contributed by atoms with Gasteiger partial charge in [-0.1, -0.05) is 24.3 Å². The molecule has 0 saturated heterocycles. The molecule has 0 fully saturated rings. The number of thiazole rings is 1. The topological polar surface area (TPSA) is 89.5 Å². The van der Waals surface area contributed by atoms with E-state index < -0.39 is 4.92 Å². The summed E-state index contributed by atoms with van der Waals surface area (Å²) < 4.78 is 6.82. The molecular formula is C21H17N3O4S. The molecule has 1 amide bonds. The van der Waals surface area contributed by atoms with Crippen molar-refractivity contribution in [1.82, 2.24) is 9.88 Å². The Morgan fingerprint density at radius 2 is 1.97 bits per heavy atom. The number of non-ortho nitro benzene ring substituents is 1. The first-order chi connectivity index (χ1) is 13.9. The number of hydrogen-bond acceptors (Lipinski definition) is 6. The number of nitro groups is 1. The zero-order chi connectivity index (χ0) is 20.5. The van der Waals surface area contributed by atoms with Crippen LogP contribution in [0.3, 0.4) is 0 Å². The van der Waals surface area contributed by atoms with Crippen molar-refractivity contribution in [3.63, 3.8) is 0 Å². The zero-order valence-electron chi connectivity index (χ0n) is 15.7. The fraction of sp³-hybridized carbons (Fsp3) is 0.143. The van der Waals surface area contributed by atoms with Crippen molar-refractivity contribution in [2.45, 2.75) is 13.0 Å². The van der Waals surface area contributed by atoms with Crippen LogP contribution in [0, 0.1) is 10.1 Å². The SMILES string of the molecule is C[C@@H](c1cccc([N+](=O)[O-])c1)N(C)C(=O)c1ccc(-c2nc3ccccc3s2)o1. The van der Waals surface area contributed by atoms with Gasteiger partial charge in [0.15, 0.2) is 16.5 Å². The number of rotatable bonds is 5. The highest BCUT2D eigenvalue weighted by atomic mass is 32.1. The molecule has 0 aliphatic rings. The Bertz CT molecular complexity index is 1180. The highest BCUT2D eigenvalue weighted by molar-refractivity contribution is 7.21. The molecular weight excluding hydrogens is 390 g/mol. The molecule has 0 spiro atoms. The number of benzene rings is 2. The number of carbonyl (C=O) groups excluding carboxylic acids is 1. The molecule has 4 rings (SSSR count). The van der Waals surface area contributed by atoms with E-state index in [9.17, 15) is 14.9 Å². The maximum atomic E-state index is 12.9. The molecule has 0 saturated carbocycles. The highest BCUT2D eigenvalue weighted by Gasteiger charge is 2.23. The van der Waals surface area contributed by atoms with Crippen molar-refractivity contribution in [1.29, 1.82) is 0 Å². The minimum Gasteiger partial charge on any atom is -0.448 e. The third-order valence-corrected chi connectivity index (χ3v) is 5.84. The zero-order valence-corrected chi connectivity index (χ0v) is 16.6. The minimum atomic E-state index is -0.450. The van der Waals surface area contributed by atoms with E-state index in [1.165, 1.54) is 28.4 Å². The summed E-state index contributed by atoms with van der Waals surface area (Å²) in [5, 5.41) is 11.7. The number of para-hydroxylation sites is 1. The molecule has 0 bridgehead atoms. The van der Waals surface area contributed by atoms with Gasteiger partial charge in [-0.05, 0) is 36.8 Å². The van der Waals surface area contributed by atoms with Crippen LogP contribution in [0.15, 0.2) is 65.1 Å². The number of amides is 1. The van der Waals surface area contributed by atoms with E-state index in [0.29, 0.717) is 16.3 Å². The second kappa shape index (κ2) is 7.48. The molecule has 29 heavy (non-hydrogen) atoms. The lowest BCUT2D eigenvalue weighted by Gasteiger charge is -2.24. The Labute approximate surface area is 170 Å². The van der Waals surface area contributed by atoms with E-state index in [4.69, 9.17) is 4.42 Å². The van der Waals surface area contributed by atoms with E-state index in [1.807, 2.05) is 31.2 Å². The summed E-state index contributed by atoms with van der Waals surface area (Å²) in [6.45, 7) is 1.81. The number of carbonyl (C=O) groups is 1. The van der Waals surface area contributed by atoms with E-state index in [0.717, 1.165) is 10.2 Å². The maximum absolute atomic E-state index is 12.9. The Morgan fingerprint density at radius 1 is 1.17 bits per heavy atom. The van der Waals surface area contributed by atoms with Crippen molar-refractivity contribution >= 4 is 33.1 Å². The molecule has 4 aromatic rings. The highest BCUT2D eigenvalue weighted by Crippen LogP contribution is 2.32. The molecule has 2 aromatic carbocycles. The van der Waals surface area contributed by atoms with Crippen molar-refractivity contribution < 1.29 is 14.1 Å². The van der Waals surface area contributed by atoms with Crippen LogP contribution in [0.25, 0.3) is 21.0 Å². The Kier molecular flexibility index (Phi) is 4.85. The van der Waals surface area contributed by atoms with Gasteiger partial charge < -0.3 is 9.32 Å². The van der Waals surface area contributed by atoms with Crippen LogP contribution in [0.5, 0.6) is 0 Å². The fourth-order valence-corrected chi connectivity index (χ4v) is 3.94. The molecule has 0 radical (unpaired) electrons. The molecule has 0 aliphatic heterocycles. The van der Waals surface area contributed by atoms with Crippen LogP contribution in [0.2, 0.25) is 0 Å². The summed E-state index contributed by atoms with van der Waals surface area (Å²) in [6.07, 6.45) is 0. The first-order valence-electron chi connectivity index (χ1n) is 8.91. The van der Waals surface area contributed by atoms with Crippen LogP contribution >= 0.6 is 11.3 Å². The van der Waals surface area contributed by atoms with E-state index in [-0.39, 0.29) is 23.4 Å². The molecule has 2 heterocycles. The van der Waals surface area contributed by atoms with Crippen LogP contribution < -0.4 is 0 Å². The summed E-state index contributed by atoms with van der Waals surface area (Å²) in [4.78, 5) is 29.5. The van der Waals surface area contributed by atoms with Crippen molar-refractivity contribution in [3.8, 4) is 10.8 Å². The Morgan fingerprint density at radius 3 is 2.72 bits per heavy atom. The van der Waals surface area contributed by atoms with E-state index >= 15 is 0 Å². The average Bonchev–Trinajstić information content (AvgIpc) is 3.39. The summed E-state index contributed by atoms with van der Waals surface area (Å²) in [5.74, 6) is 0.418. The number of hydrogen-bond donors (Lipinski definition) is 0. The molecule has 1 atom stereocenters. The van der Waals surface area contributed by atoms with Gasteiger partial charge >= 0.3 is 0 Å². The van der Waals surface area contributed by atoms with Crippen LogP contribution in [0.4, 0.5) is 5.69 Å². The van der Waals surface area contributed by atoms with Gasteiger partial charge in [-0.15, -0.1) is 11.3 Å². The summed E-state index contributed by atoms with van der Waals surface area (Å²) >= 11 is 1.50. The lowest BCUT2D eigenvalue weighted by Crippen LogP contribution is -2.29. The number of nitro benzene ring substituents is 1. The van der Waals surface area contributed by atoms with Crippen molar-refractivity contribution in [3.05, 3.63) is 82.1 Å². The van der Waals surface area contributed by atoms with Gasteiger partial charge in [0.1, 0.15) is 0 Å². The van der Waals surface area contributed by atoms with Gasteiger partial charge in [-0.3, -0.25) is 14.9 Å². The van der Waals surface area contributed by atoms with Gasteiger partial charge in [0.25, 0.3) is 11.6 Å². The molecule has 8 heteroatoms. The quantitative estimate of drug-likeness (QED) is 0.331. The van der Waals surface area contributed by atoms with Gasteiger partial charge in [0, 0.05) is 19.2 Å². The number of fused-ring (bicyclic) bond motifs is 1. The third kappa shape index (κ3) is 3.62. The predicted octanol–water partition coefficient (Wildman–Crippen LogP) is 5.30. The molecule has 146 valence electrons. The van der Waals surface area contributed by atoms with Gasteiger partial charge in [0.2, 0.25) is 0 Å². The smallest absolute Gasteiger partial charge is 0.289 e. The number of furan rings is 1. The van der Waals surface area contributed by atoms with Gasteiger partial charge in [-0.25, -0.2) is 4.98 Å². The normalized spacial score (nSPS) is 12.1. The molecule has 2 aromatic heterocycles. The van der Waals surface area contributed by atoms with E-state index in [1.54, 1.807) is 31.3 Å². The number of aromatic nitrogens is 1. The van der Waals surface area contributed by atoms with E-state index in [2.05, 4.69) is 4.98 Å². The first-order valence-corrected chi connectivity index (χ1v) is 9.73. The second-order valence-electron chi connectivity index (χ2n) is 6.59. The fourth-order valence-electron chi connectivity index (χ4n) is 3.02. The maximum Gasteiger partial charge on any atom is 0.289 e. The third-order valence-electron chi connectivity index (χ3n) is 4.79. The molecule has 7 nitrogen and oxygen atoms in total. The van der Waals surface area contributed by atoms with Gasteiger partial charge in [0.05, 0.1) is 21.2 Å². The first kappa shape index (κ1) is 18.8. The molecule has 0 N–H and O–H groups in total. The summed E-state index contributed by atoms with van der Waals surface area (Å²) in [6, 6.07) is 17.1. The standard InChI is InChI=1S/C21H17N3O4S/c1-13(14-6-5-7-15(12-14)24(26)27)23(2)21(25)18-11-10-17(28-18)20-22-16-8-3-4-9-19(16)29-20/h3-13H,1-2H3/t13-/m0/s1. The Balaban J connectivity index is 1.56.